The van der Waals surface area contributed by atoms with Crippen molar-refractivity contribution in [1.29, 1.82) is 0 Å². The summed E-state index contributed by atoms with van der Waals surface area (Å²) in [7, 11) is 0. The second-order valence-corrected chi connectivity index (χ2v) is 3.04. The lowest BCUT2D eigenvalue weighted by atomic mass is 10.1. The third-order valence-electron chi connectivity index (χ3n) is 1.90. The number of rotatable bonds is 4. The van der Waals surface area contributed by atoms with Crippen LogP contribution in [-0.2, 0) is 4.79 Å². The molecule has 0 aliphatic carbocycles. The molecule has 5 heteroatoms. The number of aromatic hydroxyl groups is 2. The molecule has 0 bridgehead atoms. The lowest BCUT2D eigenvalue weighted by Gasteiger charge is -2.04. The summed E-state index contributed by atoms with van der Waals surface area (Å²) in [4.78, 5) is 20.6. The Kier molecular flexibility index (Phi) is 3.66. The Bertz CT molecular complexity index is 425. The maximum absolute atomic E-state index is 10.6. The van der Waals surface area contributed by atoms with Gasteiger partial charge >= 0.3 is 5.97 Å². The zero-order chi connectivity index (χ0) is 12.1. The van der Waals surface area contributed by atoms with Crippen molar-refractivity contribution in [2.75, 3.05) is 0 Å². The lowest BCUT2D eigenvalue weighted by Crippen LogP contribution is -1.96. The van der Waals surface area contributed by atoms with Gasteiger partial charge in [-0.2, -0.15) is 0 Å². The smallest absolute Gasteiger partial charge is 0.335 e. The van der Waals surface area contributed by atoms with Crippen LogP contribution in [0.5, 0.6) is 11.5 Å². The van der Waals surface area contributed by atoms with E-state index in [-0.39, 0.29) is 29.0 Å². The van der Waals surface area contributed by atoms with Gasteiger partial charge < -0.3 is 20.1 Å². The van der Waals surface area contributed by atoms with E-state index in [1.54, 1.807) is 0 Å². The molecule has 0 unspecified atom stereocenters. The third-order valence-corrected chi connectivity index (χ3v) is 1.90. The molecule has 0 aliphatic heterocycles. The molecule has 1 rings (SSSR count). The number of hydrogen-bond acceptors (Lipinski definition) is 4. The van der Waals surface area contributed by atoms with E-state index in [1.807, 2.05) is 0 Å². The highest BCUT2D eigenvalue weighted by Gasteiger charge is 2.11. The molecule has 0 amide bonds. The fraction of sp³-hybridized carbons (Fsp3) is 0.0909. The van der Waals surface area contributed by atoms with Crippen LogP contribution < -0.4 is 0 Å². The van der Waals surface area contributed by atoms with Crippen molar-refractivity contribution in [1.82, 2.24) is 0 Å². The third kappa shape index (κ3) is 2.60. The molecule has 0 aliphatic rings. The Morgan fingerprint density at radius 2 is 1.81 bits per heavy atom. The van der Waals surface area contributed by atoms with Crippen molar-refractivity contribution in [3.05, 3.63) is 29.3 Å². The molecule has 0 aromatic heterocycles. The van der Waals surface area contributed by atoms with E-state index in [9.17, 15) is 19.8 Å². The number of aldehydes is 1. The van der Waals surface area contributed by atoms with Crippen molar-refractivity contribution in [2.24, 2.45) is 0 Å². The van der Waals surface area contributed by atoms with Crippen LogP contribution >= 0.6 is 0 Å². The average molecular weight is 222 g/mol. The van der Waals surface area contributed by atoms with E-state index < -0.39 is 5.97 Å². The first-order valence-electron chi connectivity index (χ1n) is 4.45. The van der Waals surface area contributed by atoms with Gasteiger partial charge in [-0.1, -0.05) is 12.2 Å². The minimum atomic E-state index is -1.24. The fourth-order valence-electron chi connectivity index (χ4n) is 1.16. The molecule has 16 heavy (non-hydrogen) atoms. The zero-order valence-electron chi connectivity index (χ0n) is 8.25. The summed E-state index contributed by atoms with van der Waals surface area (Å²) < 4.78 is 0. The largest absolute Gasteiger partial charge is 0.507 e. The average Bonchev–Trinajstić information content (AvgIpc) is 2.21. The molecule has 5 nitrogen and oxygen atoms in total. The SMILES string of the molecule is O=CCC=Cc1c(O)cc(C(=O)O)cc1O. The van der Waals surface area contributed by atoms with Gasteiger partial charge in [0.2, 0.25) is 0 Å². The minimum absolute atomic E-state index is 0.0897. The number of carboxylic acid groups (broad SMARTS) is 1. The van der Waals surface area contributed by atoms with Gasteiger partial charge in [0.15, 0.2) is 0 Å². The topological polar surface area (TPSA) is 94.8 Å². The summed E-state index contributed by atoms with van der Waals surface area (Å²) >= 11 is 0. The maximum Gasteiger partial charge on any atom is 0.335 e. The van der Waals surface area contributed by atoms with Crippen molar-refractivity contribution < 1.29 is 24.9 Å². The first kappa shape index (κ1) is 11.8. The monoisotopic (exact) mass is 222 g/mol. The van der Waals surface area contributed by atoms with Crippen LogP contribution in [0.25, 0.3) is 6.08 Å². The number of allylic oxidation sites excluding steroid dienone is 1. The van der Waals surface area contributed by atoms with Crippen molar-refractivity contribution >= 4 is 18.3 Å². The predicted octanol–water partition coefficient (Wildman–Crippen LogP) is 1.40. The van der Waals surface area contributed by atoms with E-state index in [4.69, 9.17) is 5.11 Å². The summed E-state index contributed by atoms with van der Waals surface area (Å²) in [5, 5.41) is 27.6. The summed E-state index contributed by atoms with van der Waals surface area (Å²) in [6.45, 7) is 0. The zero-order valence-corrected chi connectivity index (χ0v) is 8.25. The van der Waals surface area contributed by atoms with Crippen molar-refractivity contribution in [3.8, 4) is 11.5 Å². The number of carboxylic acids is 1. The van der Waals surface area contributed by atoms with Crippen molar-refractivity contribution in [3.63, 3.8) is 0 Å². The van der Waals surface area contributed by atoms with Crippen LogP contribution in [0.3, 0.4) is 0 Å². The fourth-order valence-corrected chi connectivity index (χ4v) is 1.16. The molecule has 0 saturated carbocycles. The molecular formula is C11H10O5. The highest BCUT2D eigenvalue weighted by Crippen LogP contribution is 2.30. The first-order chi connectivity index (χ1) is 7.56. The van der Waals surface area contributed by atoms with E-state index in [0.29, 0.717) is 6.29 Å². The highest BCUT2D eigenvalue weighted by molar-refractivity contribution is 5.89. The molecule has 1 aromatic carbocycles. The van der Waals surface area contributed by atoms with Gasteiger partial charge in [-0.15, -0.1) is 0 Å². The van der Waals surface area contributed by atoms with E-state index >= 15 is 0 Å². The summed E-state index contributed by atoms with van der Waals surface area (Å²) in [5.74, 6) is -1.94. The molecule has 0 atom stereocenters. The van der Waals surface area contributed by atoms with Crippen LogP contribution in [-0.4, -0.2) is 27.6 Å². The van der Waals surface area contributed by atoms with Crippen LogP contribution in [0.4, 0.5) is 0 Å². The molecule has 84 valence electrons. The summed E-state index contributed by atoms with van der Waals surface area (Å²) in [6, 6.07) is 2.06. The Hall–Kier alpha value is -2.30. The Balaban J connectivity index is 3.12. The number of phenolic OH excluding ortho intramolecular Hbond substituents is 2. The molecule has 1 aromatic rings. The second kappa shape index (κ2) is 4.97. The van der Waals surface area contributed by atoms with Crippen molar-refractivity contribution in [2.45, 2.75) is 6.42 Å². The first-order valence-corrected chi connectivity index (χ1v) is 4.45. The van der Waals surface area contributed by atoms with Gasteiger partial charge in [-0.3, -0.25) is 0 Å². The maximum atomic E-state index is 10.6. The number of aromatic carboxylic acids is 1. The van der Waals surface area contributed by atoms with Crippen LogP contribution in [0.1, 0.15) is 22.3 Å². The van der Waals surface area contributed by atoms with Gasteiger partial charge in [0.25, 0.3) is 0 Å². The Labute approximate surface area is 91.3 Å². The predicted molar refractivity (Wildman–Crippen MR) is 56.4 cm³/mol. The van der Waals surface area contributed by atoms with Gasteiger partial charge in [-0.25, -0.2) is 4.79 Å². The summed E-state index contributed by atoms with van der Waals surface area (Å²) in [5.41, 5.74) is -0.116. The van der Waals surface area contributed by atoms with E-state index in [0.717, 1.165) is 12.1 Å². The quantitative estimate of drug-likeness (QED) is 0.669. The number of carbonyl (C=O) groups excluding carboxylic acids is 1. The van der Waals surface area contributed by atoms with Gasteiger partial charge in [-0.05, 0) is 12.1 Å². The number of carbonyl (C=O) groups is 2. The molecule has 0 fully saturated rings. The number of phenols is 2. The molecule has 0 heterocycles. The van der Waals surface area contributed by atoms with Gasteiger partial charge in [0, 0.05) is 6.42 Å². The molecule has 0 saturated heterocycles. The number of benzene rings is 1. The Morgan fingerprint density at radius 1 is 1.25 bits per heavy atom. The lowest BCUT2D eigenvalue weighted by molar-refractivity contribution is -0.107. The second-order valence-electron chi connectivity index (χ2n) is 3.04. The minimum Gasteiger partial charge on any atom is -0.507 e. The molecular weight excluding hydrogens is 212 g/mol. The highest BCUT2D eigenvalue weighted by atomic mass is 16.4. The van der Waals surface area contributed by atoms with Crippen LogP contribution in [0.15, 0.2) is 18.2 Å². The molecule has 0 spiro atoms. The molecule has 0 radical (unpaired) electrons. The number of hydrogen-bond donors (Lipinski definition) is 3. The van der Waals surface area contributed by atoms with Gasteiger partial charge in [0.1, 0.15) is 17.8 Å². The standard InChI is InChI=1S/C11H10O5/c12-4-2-1-3-8-9(13)5-7(11(15)16)6-10(8)14/h1,3-6,13-14H,2H2,(H,15,16). The summed E-state index contributed by atoms with van der Waals surface area (Å²) in [6.07, 6.45) is 3.61. The van der Waals surface area contributed by atoms with Crippen LogP contribution in [0, 0.1) is 0 Å². The molecule has 3 N–H and O–H groups in total. The van der Waals surface area contributed by atoms with Crippen LogP contribution in [0.2, 0.25) is 0 Å². The van der Waals surface area contributed by atoms with E-state index in [2.05, 4.69) is 0 Å². The Morgan fingerprint density at radius 3 is 2.25 bits per heavy atom. The van der Waals surface area contributed by atoms with Gasteiger partial charge in [0.05, 0.1) is 11.1 Å². The van der Waals surface area contributed by atoms with E-state index in [1.165, 1.54) is 12.2 Å². The normalized spacial score (nSPS) is 10.5.